The predicted molar refractivity (Wildman–Crippen MR) is 125 cm³/mol. The number of thioether (sulfide) groups is 1. The highest BCUT2D eigenvalue weighted by molar-refractivity contribution is 7.99. The van der Waals surface area contributed by atoms with Gasteiger partial charge >= 0.3 is 0 Å². The van der Waals surface area contributed by atoms with E-state index in [0.29, 0.717) is 28.9 Å². The summed E-state index contributed by atoms with van der Waals surface area (Å²) in [5, 5.41) is 24.2. The molecule has 0 saturated heterocycles. The van der Waals surface area contributed by atoms with Crippen LogP contribution in [0.1, 0.15) is 12.7 Å². The Kier molecular flexibility index (Phi) is 6.75. The number of hydrogen-bond donors (Lipinski definition) is 3. The topological polar surface area (TPSA) is 122 Å². The molecular formula is C23H21N5O4S. The van der Waals surface area contributed by atoms with Gasteiger partial charge in [-0.2, -0.15) is 0 Å². The fourth-order valence-corrected chi connectivity index (χ4v) is 3.86. The summed E-state index contributed by atoms with van der Waals surface area (Å²) >= 11 is 1.25. The van der Waals surface area contributed by atoms with Gasteiger partial charge in [-0.3, -0.25) is 14.2 Å². The van der Waals surface area contributed by atoms with Crippen molar-refractivity contribution in [3.8, 4) is 17.1 Å². The number of nitrogens with one attached hydrogen (secondary N) is 2. The third-order valence-electron chi connectivity index (χ3n) is 4.54. The van der Waals surface area contributed by atoms with E-state index in [1.165, 1.54) is 18.7 Å². The van der Waals surface area contributed by atoms with Gasteiger partial charge in [-0.25, -0.2) is 0 Å². The van der Waals surface area contributed by atoms with Crippen molar-refractivity contribution in [2.45, 2.75) is 18.6 Å². The molecular weight excluding hydrogens is 442 g/mol. The van der Waals surface area contributed by atoms with Gasteiger partial charge in [-0.05, 0) is 54.6 Å². The lowest BCUT2D eigenvalue weighted by Gasteiger charge is -2.10. The lowest BCUT2D eigenvalue weighted by molar-refractivity contribution is -0.114. The third kappa shape index (κ3) is 5.80. The van der Waals surface area contributed by atoms with Crippen LogP contribution in [0.15, 0.2) is 76.5 Å². The number of furan rings is 1. The number of anilines is 2. The molecule has 0 aliphatic rings. The van der Waals surface area contributed by atoms with Crippen LogP contribution < -0.4 is 10.6 Å². The van der Waals surface area contributed by atoms with Gasteiger partial charge in [-0.1, -0.05) is 17.8 Å². The van der Waals surface area contributed by atoms with E-state index in [1.54, 1.807) is 60.9 Å². The van der Waals surface area contributed by atoms with E-state index >= 15 is 0 Å². The van der Waals surface area contributed by atoms with Crippen molar-refractivity contribution < 1.29 is 19.1 Å². The van der Waals surface area contributed by atoms with E-state index < -0.39 is 0 Å². The normalized spacial score (nSPS) is 10.7. The van der Waals surface area contributed by atoms with Crippen LogP contribution in [0, 0.1) is 0 Å². The SMILES string of the molecule is CC(=O)Nc1cccc(NC(=O)CSc2nnc(-c3ccc(O)cc3)n2Cc2ccco2)c1. The van der Waals surface area contributed by atoms with Crippen LogP contribution in [0.4, 0.5) is 11.4 Å². The molecule has 2 aromatic carbocycles. The first-order valence-corrected chi connectivity index (χ1v) is 11.0. The van der Waals surface area contributed by atoms with Gasteiger partial charge in [0.05, 0.1) is 18.6 Å². The van der Waals surface area contributed by atoms with Crippen LogP contribution in [-0.2, 0) is 16.1 Å². The maximum absolute atomic E-state index is 12.5. The van der Waals surface area contributed by atoms with Crippen molar-refractivity contribution in [2.75, 3.05) is 16.4 Å². The molecule has 0 fully saturated rings. The lowest BCUT2D eigenvalue weighted by Crippen LogP contribution is -2.15. The molecule has 0 spiro atoms. The van der Waals surface area contributed by atoms with Gasteiger partial charge in [0.15, 0.2) is 11.0 Å². The number of carbonyl (C=O) groups is 2. The first-order chi connectivity index (χ1) is 16.0. The Morgan fingerprint density at radius 1 is 1.03 bits per heavy atom. The number of aromatic hydroxyl groups is 1. The molecule has 2 amide bonds. The van der Waals surface area contributed by atoms with Crippen molar-refractivity contribution >= 4 is 35.0 Å². The van der Waals surface area contributed by atoms with Gasteiger partial charge in [0, 0.05) is 23.9 Å². The number of nitrogens with zero attached hydrogens (tertiary/aromatic N) is 3. The fourth-order valence-electron chi connectivity index (χ4n) is 3.13. The number of hydrogen-bond acceptors (Lipinski definition) is 7. The zero-order valence-electron chi connectivity index (χ0n) is 17.7. The number of benzene rings is 2. The molecule has 9 nitrogen and oxygen atoms in total. The number of phenols is 1. The van der Waals surface area contributed by atoms with E-state index in [9.17, 15) is 14.7 Å². The second-order valence-electron chi connectivity index (χ2n) is 7.12. The van der Waals surface area contributed by atoms with E-state index in [2.05, 4.69) is 20.8 Å². The van der Waals surface area contributed by atoms with E-state index in [1.807, 2.05) is 10.6 Å². The zero-order chi connectivity index (χ0) is 23.2. The quantitative estimate of drug-likeness (QED) is 0.338. The van der Waals surface area contributed by atoms with Crippen LogP contribution in [0.3, 0.4) is 0 Å². The van der Waals surface area contributed by atoms with Crippen molar-refractivity contribution in [1.82, 2.24) is 14.8 Å². The molecule has 10 heteroatoms. The molecule has 168 valence electrons. The molecule has 4 aromatic rings. The molecule has 0 radical (unpaired) electrons. The Hall–Kier alpha value is -4.05. The second kappa shape index (κ2) is 10.0. The van der Waals surface area contributed by atoms with Crippen molar-refractivity contribution in [3.05, 3.63) is 72.7 Å². The van der Waals surface area contributed by atoms with Gasteiger partial charge < -0.3 is 20.2 Å². The van der Waals surface area contributed by atoms with E-state index in [0.717, 1.165) is 11.3 Å². The third-order valence-corrected chi connectivity index (χ3v) is 5.50. The van der Waals surface area contributed by atoms with E-state index in [-0.39, 0.29) is 23.3 Å². The number of carbonyl (C=O) groups excluding carboxylic acids is 2. The summed E-state index contributed by atoms with van der Waals surface area (Å²) in [4.78, 5) is 23.8. The Balaban J connectivity index is 1.49. The molecule has 0 aliphatic heterocycles. The molecule has 2 aromatic heterocycles. The standard InChI is InChI=1S/C23H21N5O4S/c1-15(29)24-17-4-2-5-18(12-17)25-21(31)14-33-23-27-26-22(16-7-9-19(30)10-8-16)28(23)13-20-6-3-11-32-20/h2-12,30H,13-14H2,1H3,(H,24,29)(H,25,31). The largest absolute Gasteiger partial charge is 0.508 e. The van der Waals surface area contributed by atoms with Crippen molar-refractivity contribution in [1.29, 1.82) is 0 Å². The Bertz CT molecular complexity index is 1250. The van der Waals surface area contributed by atoms with Crippen LogP contribution in [0.25, 0.3) is 11.4 Å². The maximum atomic E-state index is 12.5. The first kappa shape index (κ1) is 22.2. The molecule has 0 bridgehead atoms. The number of aromatic nitrogens is 3. The van der Waals surface area contributed by atoms with Crippen LogP contribution in [0.2, 0.25) is 0 Å². The van der Waals surface area contributed by atoms with Gasteiger partial charge in [0.25, 0.3) is 0 Å². The molecule has 0 unspecified atom stereocenters. The summed E-state index contributed by atoms with van der Waals surface area (Å²) < 4.78 is 7.34. The molecule has 3 N–H and O–H groups in total. The number of phenolic OH excluding ortho intramolecular Hbond substituents is 1. The zero-order valence-corrected chi connectivity index (χ0v) is 18.5. The summed E-state index contributed by atoms with van der Waals surface area (Å²) in [6.07, 6.45) is 1.59. The average molecular weight is 464 g/mol. The monoisotopic (exact) mass is 463 g/mol. The van der Waals surface area contributed by atoms with Gasteiger partial charge in [0.2, 0.25) is 11.8 Å². The molecule has 0 atom stereocenters. The van der Waals surface area contributed by atoms with Crippen molar-refractivity contribution in [3.63, 3.8) is 0 Å². The van der Waals surface area contributed by atoms with Gasteiger partial charge in [0.1, 0.15) is 11.5 Å². The maximum Gasteiger partial charge on any atom is 0.234 e. The lowest BCUT2D eigenvalue weighted by atomic mass is 10.2. The highest BCUT2D eigenvalue weighted by Gasteiger charge is 2.17. The van der Waals surface area contributed by atoms with E-state index in [4.69, 9.17) is 4.42 Å². The smallest absolute Gasteiger partial charge is 0.234 e. The predicted octanol–water partition coefficient (Wildman–Crippen LogP) is 3.98. The van der Waals surface area contributed by atoms with Crippen LogP contribution >= 0.6 is 11.8 Å². The number of amides is 2. The molecule has 0 aliphatic carbocycles. The minimum absolute atomic E-state index is 0.107. The Morgan fingerprint density at radius 3 is 2.48 bits per heavy atom. The summed E-state index contributed by atoms with van der Waals surface area (Å²) in [5.41, 5.74) is 1.95. The highest BCUT2D eigenvalue weighted by atomic mass is 32.2. The molecule has 0 saturated carbocycles. The summed E-state index contributed by atoms with van der Waals surface area (Å²) in [6, 6.07) is 17.2. The summed E-state index contributed by atoms with van der Waals surface area (Å²) in [6.45, 7) is 1.81. The fraction of sp³-hybridized carbons (Fsp3) is 0.130. The molecule has 4 rings (SSSR count). The molecule has 33 heavy (non-hydrogen) atoms. The summed E-state index contributed by atoms with van der Waals surface area (Å²) in [7, 11) is 0. The number of rotatable bonds is 8. The average Bonchev–Trinajstić information content (AvgIpc) is 3.43. The Labute approximate surface area is 193 Å². The second-order valence-corrected chi connectivity index (χ2v) is 8.06. The summed E-state index contributed by atoms with van der Waals surface area (Å²) in [5.74, 6) is 1.17. The van der Waals surface area contributed by atoms with Crippen LogP contribution in [0.5, 0.6) is 5.75 Å². The van der Waals surface area contributed by atoms with Crippen molar-refractivity contribution in [2.24, 2.45) is 0 Å². The minimum Gasteiger partial charge on any atom is -0.508 e. The highest BCUT2D eigenvalue weighted by Crippen LogP contribution is 2.27. The molecule has 2 heterocycles. The Morgan fingerprint density at radius 2 is 1.79 bits per heavy atom. The minimum atomic E-state index is -0.223. The van der Waals surface area contributed by atoms with Crippen LogP contribution in [-0.4, -0.2) is 37.4 Å². The van der Waals surface area contributed by atoms with Gasteiger partial charge in [-0.15, -0.1) is 10.2 Å². The first-order valence-electron chi connectivity index (χ1n) is 10.0.